The van der Waals surface area contributed by atoms with Crippen LogP contribution in [-0.4, -0.2) is 29.9 Å². The van der Waals surface area contributed by atoms with Crippen molar-refractivity contribution in [1.82, 2.24) is 29.9 Å². The van der Waals surface area contributed by atoms with Gasteiger partial charge in [-0.05, 0) is 166 Å². The average molecular weight is 1570 g/mol. The third kappa shape index (κ3) is 10.8. The third-order valence-corrected chi connectivity index (χ3v) is 25.6. The monoisotopic (exact) mass is 1570 g/mol. The summed E-state index contributed by atoms with van der Waals surface area (Å²) >= 11 is 0. The predicted octanol–water partition coefficient (Wildman–Crippen LogP) is 28.4. The van der Waals surface area contributed by atoms with Gasteiger partial charge in [-0.1, -0.05) is 352 Å². The van der Waals surface area contributed by atoms with Crippen LogP contribution in [0.25, 0.3) is 179 Å². The van der Waals surface area contributed by atoms with E-state index in [2.05, 4.69) is 364 Å². The fourth-order valence-electron chi connectivity index (χ4n) is 20.1. The summed E-state index contributed by atoms with van der Waals surface area (Å²) < 4.78 is 20.4. The van der Waals surface area contributed by atoms with E-state index in [9.17, 15) is 0 Å². The van der Waals surface area contributed by atoms with Crippen molar-refractivity contribution in [3.63, 3.8) is 0 Å². The number of nitrogens with zero attached hydrogens (tertiary/aromatic N) is 6. The van der Waals surface area contributed by atoms with Crippen molar-refractivity contribution >= 4 is 32.7 Å². The van der Waals surface area contributed by atoms with E-state index in [4.69, 9.17) is 43.8 Å². The van der Waals surface area contributed by atoms with Crippen LogP contribution >= 0.6 is 0 Å². The Bertz CT molecular complexity index is 7860. The number of hydrogen-bond donors (Lipinski definition) is 0. The smallest absolute Gasteiger partial charge is 0.164 e. The molecule has 5 heterocycles. The van der Waals surface area contributed by atoms with Crippen LogP contribution in [0, 0.1) is 0 Å². The van der Waals surface area contributed by atoms with Crippen LogP contribution in [0.4, 0.5) is 0 Å². The van der Waals surface area contributed by atoms with Crippen LogP contribution in [0.3, 0.4) is 0 Å². The normalized spacial score (nSPS) is 13.1. The fourth-order valence-corrected chi connectivity index (χ4v) is 20.1. The Hall–Kier alpha value is -16.4. The first-order valence-electron chi connectivity index (χ1n) is 41.7. The Morgan fingerprint density at radius 1 is 0.163 bits per heavy atom. The molecule has 2 spiro atoms. The van der Waals surface area contributed by atoms with Gasteiger partial charge < -0.3 is 13.9 Å². The lowest BCUT2D eigenvalue weighted by atomic mass is 9.66. The van der Waals surface area contributed by atoms with Crippen LogP contribution in [0.5, 0.6) is 23.0 Å². The third-order valence-electron chi connectivity index (χ3n) is 25.6. The van der Waals surface area contributed by atoms with Crippen LogP contribution in [0.1, 0.15) is 44.5 Å². The summed E-state index contributed by atoms with van der Waals surface area (Å²) in [5, 5.41) is 4.22. The molecule has 0 unspecified atom stereocenters. The Kier molecular flexibility index (Phi) is 15.7. The molecule has 9 heteroatoms. The van der Waals surface area contributed by atoms with Crippen molar-refractivity contribution in [2.75, 3.05) is 0 Å². The average Bonchev–Trinajstić information content (AvgIpc) is 1.52. The quantitative estimate of drug-likeness (QED) is 0.125. The van der Waals surface area contributed by atoms with Crippen molar-refractivity contribution in [3.05, 3.63) is 457 Å². The zero-order valence-corrected chi connectivity index (χ0v) is 66.2. The standard InChI is InChI=1S/C114H68N6O3/c1-3-25-72(26-4-1)107-115-109(74-55-53-71(54-56-74)82-38-24-39-90-89-37-13-20-46-101(89)123-106(82)90)119-112(118-107)92-66-76(78-59-64-105-100(68-78)114(98-45-19-22-48-103(98)122-105)95-42-16-11-35-87(95)88-36-12-17-43-96(88)114)57-60-81(92)70-51-49-69(50-52-70)80-61-62-91(84-32-8-7-31-83(80)84)111-117-108(73-27-5-2-6-28-73)116-110(120-111)79-30-23-29-75(65-79)77-58-63-104-99(67-77)113(97-44-18-21-47-102(97)121-104)93-40-14-9-33-85(93)86-34-10-15-41-94(86)113/h1-68H. The van der Waals surface area contributed by atoms with Gasteiger partial charge in [-0.25, -0.2) is 29.9 Å². The van der Waals surface area contributed by atoms with Crippen molar-refractivity contribution in [2.24, 2.45) is 0 Å². The molecule has 0 N–H and O–H groups in total. The molecule has 3 aromatic heterocycles. The number of furan rings is 1. The first kappa shape index (κ1) is 69.7. The van der Waals surface area contributed by atoms with E-state index in [0.717, 1.165) is 167 Å². The lowest BCUT2D eigenvalue weighted by molar-refractivity contribution is 0.436. The van der Waals surface area contributed by atoms with Crippen molar-refractivity contribution in [3.8, 4) is 169 Å². The minimum Gasteiger partial charge on any atom is -0.457 e. The molecule has 21 aromatic rings. The largest absolute Gasteiger partial charge is 0.457 e. The first-order valence-corrected chi connectivity index (χ1v) is 41.7. The molecule has 0 atom stereocenters. The molecule has 9 nitrogen and oxygen atoms in total. The molecule has 2 aliphatic heterocycles. The van der Waals surface area contributed by atoms with Gasteiger partial charge in [-0.15, -0.1) is 0 Å². The maximum Gasteiger partial charge on any atom is 0.164 e. The molecule has 0 amide bonds. The molecular weight excluding hydrogens is 1500 g/mol. The Morgan fingerprint density at radius 3 is 1.03 bits per heavy atom. The summed E-state index contributed by atoms with van der Waals surface area (Å²) in [7, 11) is 0. The molecule has 0 bridgehead atoms. The van der Waals surface area contributed by atoms with Crippen molar-refractivity contribution < 1.29 is 13.9 Å². The van der Waals surface area contributed by atoms with E-state index in [-0.39, 0.29) is 0 Å². The van der Waals surface area contributed by atoms with Crippen molar-refractivity contribution in [1.29, 1.82) is 0 Å². The molecule has 25 rings (SSSR count). The van der Waals surface area contributed by atoms with Gasteiger partial charge in [-0.2, -0.15) is 0 Å². The second kappa shape index (κ2) is 27.6. The molecule has 4 aliphatic rings. The zero-order chi connectivity index (χ0) is 80.9. The van der Waals surface area contributed by atoms with Gasteiger partial charge in [0, 0.05) is 72.0 Å². The van der Waals surface area contributed by atoms with E-state index in [1.807, 2.05) is 48.5 Å². The molecule has 123 heavy (non-hydrogen) atoms. The summed E-state index contributed by atoms with van der Waals surface area (Å²) in [6.45, 7) is 0. The van der Waals surface area contributed by atoms with Gasteiger partial charge in [0.2, 0.25) is 0 Å². The highest BCUT2D eigenvalue weighted by molar-refractivity contribution is 6.10. The van der Waals surface area contributed by atoms with E-state index in [0.29, 0.717) is 34.9 Å². The first-order chi connectivity index (χ1) is 60.9. The summed E-state index contributed by atoms with van der Waals surface area (Å²) in [4.78, 5) is 32.5. The second-order valence-electron chi connectivity index (χ2n) is 32.1. The number of benzene rings is 18. The highest BCUT2D eigenvalue weighted by Crippen LogP contribution is 2.65. The molecule has 0 saturated heterocycles. The van der Waals surface area contributed by atoms with Gasteiger partial charge in [0.15, 0.2) is 34.9 Å². The minimum atomic E-state index is -0.665. The molecule has 572 valence electrons. The SMILES string of the molecule is c1ccc(-c2nc(-c3ccc(-c4cccc5c4oc4ccccc45)cc3)nc(-c3cc(-c4ccc5c(c4)C4(c6ccccc6O5)c5ccccc5-c5ccccc54)ccc3-c3ccc(-c4ccc(-c5nc(-c6ccccc6)nc(-c6cccc(-c7ccc8c(c7)C7(c9ccccc9O8)c8ccccc8-c8ccccc87)c6)n5)c5ccccc45)cc3)n2)cc1. The molecule has 0 radical (unpaired) electrons. The van der Waals surface area contributed by atoms with Gasteiger partial charge in [0.25, 0.3) is 0 Å². The van der Waals surface area contributed by atoms with Crippen LogP contribution < -0.4 is 9.47 Å². The van der Waals surface area contributed by atoms with Crippen LogP contribution in [0.2, 0.25) is 0 Å². The summed E-state index contributed by atoms with van der Waals surface area (Å²) in [5.41, 5.74) is 30.0. The molecular formula is C114H68N6O3. The second-order valence-corrected chi connectivity index (χ2v) is 32.1. The van der Waals surface area contributed by atoms with Crippen molar-refractivity contribution in [2.45, 2.75) is 10.8 Å². The molecule has 18 aromatic carbocycles. The Morgan fingerprint density at radius 2 is 0.488 bits per heavy atom. The number of aromatic nitrogens is 6. The highest BCUT2D eigenvalue weighted by Gasteiger charge is 2.53. The Balaban J connectivity index is 0.608. The molecule has 0 saturated carbocycles. The van der Waals surface area contributed by atoms with E-state index in [1.165, 1.54) is 44.5 Å². The highest BCUT2D eigenvalue weighted by atomic mass is 16.5. The number of para-hydroxylation sites is 4. The minimum absolute atomic E-state index is 0.528. The summed E-state index contributed by atoms with van der Waals surface area (Å²) in [5.74, 6) is 6.68. The fraction of sp³-hybridized carbons (Fsp3) is 0.0175. The van der Waals surface area contributed by atoms with Crippen LogP contribution in [0.15, 0.2) is 417 Å². The Labute approximate surface area is 708 Å². The molecule has 2 aliphatic carbocycles. The van der Waals surface area contributed by atoms with Crippen LogP contribution in [-0.2, 0) is 10.8 Å². The number of ether oxygens (including phenoxy) is 2. The van der Waals surface area contributed by atoms with Gasteiger partial charge in [0.05, 0.1) is 10.8 Å². The number of rotatable bonds is 11. The lowest BCUT2D eigenvalue weighted by Crippen LogP contribution is -2.32. The summed E-state index contributed by atoms with van der Waals surface area (Å²) in [6.07, 6.45) is 0. The number of fused-ring (bicyclic) bond motifs is 22. The maximum absolute atomic E-state index is 6.97. The van der Waals surface area contributed by atoms with Gasteiger partial charge in [-0.3, -0.25) is 0 Å². The molecule has 0 fully saturated rings. The van der Waals surface area contributed by atoms with E-state index in [1.54, 1.807) is 0 Å². The lowest BCUT2D eigenvalue weighted by Gasteiger charge is -2.39. The maximum atomic E-state index is 6.97. The summed E-state index contributed by atoms with van der Waals surface area (Å²) in [6, 6.07) is 147. The zero-order valence-electron chi connectivity index (χ0n) is 66.2. The topological polar surface area (TPSA) is 109 Å². The van der Waals surface area contributed by atoms with E-state index < -0.39 is 10.8 Å². The van der Waals surface area contributed by atoms with Gasteiger partial charge >= 0.3 is 0 Å². The number of hydrogen-bond acceptors (Lipinski definition) is 9. The van der Waals surface area contributed by atoms with E-state index >= 15 is 0 Å². The van der Waals surface area contributed by atoms with Gasteiger partial charge in [0.1, 0.15) is 34.2 Å². The predicted molar refractivity (Wildman–Crippen MR) is 493 cm³/mol.